The number of carboxylic acid groups (broad SMARTS) is 1. The van der Waals surface area contributed by atoms with Crippen LogP contribution >= 0.6 is 0 Å². The maximum absolute atomic E-state index is 11.9. The molecule has 0 saturated carbocycles. The van der Waals surface area contributed by atoms with Crippen molar-refractivity contribution in [3.8, 4) is 11.5 Å². The van der Waals surface area contributed by atoms with Crippen LogP contribution in [-0.2, 0) is 20.7 Å². The van der Waals surface area contributed by atoms with Gasteiger partial charge in [-0.25, -0.2) is 4.79 Å². The van der Waals surface area contributed by atoms with Gasteiger partial charge in [-0.1, -0.05) is 6.07 Å². The quantitative estimate of drug-likeness (QED) is 0.584. The number of phenolic OH excluding ortho intramolecular Hbond substituents is 2. The molecular weight excluding hydrogens is 278 g/mol. The Kier molecular flexibility index (Phi) is 4.64. The van der Waals surface area contributed by atoms with E-state index in [0.29, 0.717) is 18.6 Å². The molecule has 1 fully saturated rings. The highest BCUT2D eigenvalue weighted by Crippen LogP contribution is 2.25. The number of amides is 1. The van der Waals surface area contributed by atoms with Gasteiger partial charge >= 0.3 is 5.97 Å². The van der Waals surface area contributed by atoms with E-state index in [4.69, 9.17) is 4.74 Å². The molecule has 7 heteroatoms. The number of hydrogen-bond acceptors (Lipinski definition) is 5. The lowest BCUT2D eigenvalue weighted by molar-refractivity contribution is -0.143. The van der Waals surface area contributed by atoms with Crippen molar-refractivity contribution in [3.05, 3.63) is 23.8 Å². The highest BCUT2D eigenvalue weighted by molar-refractivity contribution is 5.86. The first-order chi connectivity index (χ1) is 9.97. The second-order valence-electron chi connectivity index (χ2n) is 4.93. The standard InChI is InChI=1S/C14H17NO6/c16-10-4-3-8(7-11(10)17)6-9(14(19)20)15-13(18)12-2-1-5-21-12/h3-4,7,9,12,16-17H,1-2,5-6H2,(H,15,18)(H,19,20)/t9-,12-/m0/s1. The van der Waals surface area contributed by atoms with Crippen LogP contribution in [0.1, 0.15) is 18.4 Å². The number of carbonyl (C=O) groups excluding carboxylic acids is 1. The lowest BCUT2D eigenvalue weighted by Crippen LogP contribution is -2.46. The topological polar surface area (TPSA) is 116 Å². The van der Waals surface area contributed by atoms with E-state index < -0.39 is 24.0 Å². The van der Waals surface area contributed by atoms with Gasteiger partial charge in [0, 0.05) is 13.0 Å². The van der Waals surface area contributed by atoms with Crippen molar-refractivity contribution < 1.29 is 29.6 Å². The van der Waals surface area contributed by atoms with Crippen LogP contribution in [0.4, 0.5) is 0 Å². The largest absolute Gasteiger partial charge is 0.504 e. The summed E-state index contributed by atoms with van der Waals surface area (Å²) in [4.78, 5) is 23.1. The molecule has 4 N–H and O–H groups in total. The zero-order valence-electron chi connectivity index (χ0n) is 11.3. The molecule has 1 aliphatic rings. The molecule has 1 amide bonds. The van der Waals surface area contributed by atoms with Crippen LogP contribution in [0.5, 0.6) is 11.5 Å². The van der Waals surface area contributed by atoms with Gasteiger partial charge in [-0.2, -0.15) is 0 Å². The van der Waals surface area contributed by atoms with E-state index >= 15 is 0 Å². The van der Waals surface area contributed by atoms with Crippen molar-refractivity contribution in [2.75, 3.05) is 6.61 Å². The number of aromatic hydroxyl groups is 2. The zero-order valence-corrected chi connectivity index (χ0v) is 11.3. The molecule has 1 aromatic rings. The minimum Gasteiger partial charge on any atom is -0.504 e. The summed E-state index contributed by atoms with van der Waals surface area (Å²) in [5.41, 5.74) is 0.491. The summed E-state index contributed by atoms with van der Waals surface area (Å²) >= 11 is 0. The molecule has 0 bridgehead atoms. The number of phenols is 2. The van der Waals surface area contributed by atoms with E-state index in [1.165, 1.54) is 18.2 Å². The molecule has 2 rings (SSSR count). The van der Waals surface area contributed by atoms with Gasteiger partial charge in [0.15, 0.2) is 11.5 Å². The summed E-state index contributed by atoms with van der Waals surface area (Å²) in [5, 5.41) is 30.2. The second kappa shape index (κ2) is 6.45. The van der Waals surface area contributed by atoms with Gasteiger partial charge < -0.3 is 25.4 Å². The Balaban J connectivity index is 2.03. The van der Waals surface area contributed by atoms with Crippen molar-refractivity contribution in [2.24, 2.45) is 0 Å². The van der Waals surface area contributed by atoms with Crippen LogP contribution in [0.25, 0.3) is 0 Å². The Labute approximate surface area is 121 Å². The van der Waals surface area contributed by atoms with Crippen LogP contribution in [0, 0.1) is 0 Å². The lowest BCUT2D eigenvalue weighted by Gasteiger charge is -2.17. The third-order valence-electron chi connectivity index (χ3n) is 3.32. The lowest BCUT2D eigenvalue weighted by atomic mass is 10.0. The Hall–Kier alpha value is -2.28. The number of ether oxygens (including phenoxy) is 1. The van der Waals surface area contributed by atoms with Crippen molar-refractivity contribution in [3.63, 3.8) is 0 Å². The smallest absolute Gasteiger partial charge is 0.326 e. The molecule has 114 valence electrons. The van der Waals surface area contributed by atoms with Gasteiger partial charge in [-0.05, 0) is 30.5 Å². The van der Waals surface area contributed by atoms with Gasteiger partial charge in [0.2, 0.25) is 5.91 Å². The van der Waals surface area contributed by atoms with E-state index in [0.717, 1.165) is 6.42 Å². The number of carboxylic acids is 1. The Morgan fingerprint density at radius 3 is 2.67 bits per heavy atom. The molecule has 1 aliphatic heterocycles. The van der Waals surface area contributed by atoms with E-state index in [9.17, 15) is 24.9 Å². The monoisotopic (exact) mass is 295 g/mol. The highest BCUT2D eigenvalue weighted by Gasteiger charge is 2.28. The third kappa shape index (κ3) is 3.85. The Morgan fingerprint density at radius 2 is 2.10 bits per heavy atom. The predicted octanol–water partition coefficient (Wildman–Crippen LogP) is 0.389. The molecule has 1 saturated heterocycles. The van der Waals surface area contributed by atoms with E-state index in [2.05, 4.69) is 5.32 Å². The van der Waals surface area contributed by atoms with E-state index in [1.54, 1.807) is 0 Å². The molecule has 1 aromatic carbocycles. The number of benzene rings is 1. The molecule has 21 heavy (non-hydrogen) atoms. The summed E-state index contributed by atoms with van der Waals surface area (Å²) in [6.07, 6.45) is 0.765. The molecule has 2 atom stereocenters. The molecule has 0 aliphatic carbocycles. The number of hydrogen-bond donors (Lipinski definition) is 4. The minimum absolute atomic E-state index is 0.00162. The maximum Gasteiger partial charge on any atom is 0.326 e. The predicted molar refractivity (Wildman–Crippen MR) is 72.0 cm³/mol. The molecule has 7 nitrogen and oxygen atoms in total. The molecular formula is C14H17NO6. The SMILES string of the molecule is O=C(O)[C@H](Cc1ccc(O)c(O)c1)NC(=O)[C@@H]1CCCO1. The van der Waals surface area contributed by atoms with Crippen LogP contribution in [0.2, 0.25) is 0 Å². The fourth-order valence-electron chi connectivity index (χ4n) is 2.18. The first-order valence-corrected chi connectivity index (χ1v) is 6.63. The summed E-state index contributed by atoms with van der Waals surface area (Å²) in [6, 6.07) is 2.91. The molecule has 0 spiro atoms. The molecule has 1 heterocycles. The average Bonchev–Trinajstić information content (AvgIpc) is 2.96. The van der Waals surface area contributed by atoms with Crippen LogP contribution in [-0.4, -0.2) is 45.9 Å². The summed E-state index contributed by atoms with van der Waals surface area (Å²) in [7, 11) is 0. The van der Waals surface area contributed by atoms with Gasteiger partial charge in [-0.3, -0.25) is 4.79 Å². The molecule has 0 radical (unpaired) electrons. The number of aliphatic carboxylic acids is 1. The van der Waals surface area contributed by atoms with Crippen LogP contribution in [0.3, 0.4) is 0 Å². The highest BCUT2D eigenvalue weighted by atomic mass is 16.5. The van der Waals surface area contributed by atoms with Gasteiger partial charge in [0.1, 0.15) is 12.1 Å². The first-order valence-electron chi connectivity index (χ1n) is 6.63. The maximum atomic E-state index is 11.9. The second-order valence-corrected chi connectivity index (χ2v) is 4.93. The third-order valence-corrected chi connectivity index (χ3v) is 3.32. The zero-order chi connectivity index (χ0) is 15.4. The van der Waals surface area contributed by atoms with Crippen molar-refractivity contribution in [1.82, 2.24) is 5.32 Å². The van der Waals surface area contributed by atoms with Gasteiger partial charge in [-0.15, -0.1) is 0 Å². The minimum atomic E-state index is -1.17. The molecule has 0 unspecified atom stereocenters. The Morgan fingerprint density at radius 1 is 1.33 bits per heavy atom. The normalized spacial score (nSPS) is 19.1. The summed E-state index contributed by atoms with van der Waals surface area (Å²) < 4.78 is 5.20. The van der Waals surface area contributed by atoms with E-state index in [1.807, 2.05) is 0 Å². The van der Waals surface area contributed by atoms with Crippen molar-refractivity contribution >= 4 is 11.9 Å². The fraction of sp³-hybridized carbons (Fsp3) is 0.429. The summed E-state index contributed by atoms with van der Waals surface area (Å²) in [6.45, 7) is 0.502. The van der Waals surface area contributed by atoms with Crippen LogP contribution < -0.4 is 5.32 Å². The number of nitrogens with one attached hydrogen (secondary N) is 1. The van der Waals surface area contributed by atoms with Crippen molar-refractivity contribution in [2.45, 2.75) is 31.4 Å². The van der Waals surface area contributed by atoms with E-state index in [-0.39, 0.29) is 17.9 Å². The Bertz CT molecular complexity index is 538. The van der Waals surface area contributed by atoms with Crippen molar-refractivity contribution in [1.29, 1.82) is 0 Å². The average molecular weight is 295 g/mol. The molecule has 0 aromatic heterocycles. The number of rotatable bonds is 5. The number of carbonyl (C=O) groups is 2. The van der Waals surface area contributed by atoms with Gasteiger partial charge in [0.05, 0.1) is 0 Å². The fourth-order valence-corrected chi connectivity index (χ4v) is 2.18. The first kappa shape index (κ1) is 15.1. The van der Waals surface area contributed by atoms with Gasteiger partial charge in [0.25, 0.3) is 0 Å². The van der Waals surface area contributed by atoms with Crippen LogP contribution in [0.15, 0.2) is 18.2 Å². The summed E-state index contributed by atoms with van der Waals surface area (Å²) in [5.74, 6) is -2.23.